The molecule has 12 heavy (non-hydrogen) atoms. The molecule has 1 saturated carbocycles. The molecule has 1 aliphatic heterocycles. The van der Waals surface area contributed by atoms with Crippen molar-refractivity contribution in [1.82, 2.24) is 5.32 Å². The smallest absolute Gasteiger partial charge is 0.225 e. The second kappa shape index (κ2) is 3.44. The fourth-order valence-corrected chi connectivity index (χ4v) is 1.45. The van der Waals surface area contributed by atoms with Crippen molar-refractivity contribution in [3.8, 4) is 0 Å². The summed E-state index contributed by atoms with van der Waals surface area (Å²) in [4.78, 5) is 11.4. The Hall–Kier alpha value is -0.570. The van der Waals surface area contributed by atoms with Crippen LogP contribution >= 0.6 is 0 Å². The summed E-state index contributed by atoms with van der Waals surface area (Å²) in [7, 11) is 0. The molecule has 1 saturated heterocycles. The predicted octanol–water partition coefficient (Wildman–Crippen LogP) is 0.549. The van der Waals surface area contributed by atoms with E-state index in [2.05, 4.69) is 5.32 Å². The fourth-order valence-electron chi connectivity index (χ4n) is 1.45. The standard InChI is InChI=1S/C9H15NO2/c11-9(8-3-4-12-6-8)10-5-7-1-2-7/h7-8H,1-6H2,(H,10,11). The minimum Gasteiger partial charge on any atom is -0.381 e. The van der Waals surface area contributed by atoms with E-state index in [0.717, 1.165) is 25.5 Å². The summed E-state index contributed by atoms with van der Waals surface area (Å²) < 4.78 is 5.14. The lowest BCUT2D eigenvalue weighted by Crippen LogP contribution is -2.32. The van der Waals surface area contributed by atoms with Crippen molar-refractivity contribution in [3.63, 3.8) is 0 Å². The Morgan fingerprint density at radius 3 is 2.83 bits per heavy atom. The molecule has 1 aliphatic carbocycles. The van der Waals surface area contributed by atoms with E-state index < -0.39 is 0 Å². The minimum atomic E-state index is 0.128. The maximum absolute atomic E-state index is 11.4. The number of carbonyl (C=O) groups excluding carboxylic acids is 1. The lowest BCUT2D eigenvalue weighted by Gasteiger charge is -2.07. The van der Waals surface area contributed by atoms with Crippen LogP contribution in [0.25, 0.3) is 0 Å². The van der Waals surface area contributed by atoms with Gasteiger partial charge < -0.3 is 10.1 Å². The van der Waals surface area contributed by atoms with Crippen LogP contribution in [0.4, 0.5) is 0 Å². The third kappa shape index (κ3) is 1.97. The molecule has 68 valence electrons. The molecule has 1 N–H and O–H groups in total. The highest BCUT2D eigenvalue weighted by Gasteiger charge is 2.26. The average Bonchev–Trinajstić information content (AvgIpc) is 2.74. The number of hydrogen-bond donors (Lipinski definition) is 1. The Labute approximate surface area is 72.5 Å². The Balaban J connectivity index is 1.67. The summed E-state index contributed by atoms with van der Waals surface area (Å²) >= 11 is 0. The first kappa shape index (κ1) is 8.05. The van der Waals surface area contributed by atoms with Gasteiger partial charge in [-0.25, -0.2) is 0 Å². The molecule has 0 spiro atoms. The monoisotopic (exact) mass is 169 g/mol. The van der Waals surface area contributed by atoms with Crippen molar-refractivity contribution in [2.45, 2.75) is 19.3 Å². The first-order valence-corrected chi connectivity index (χ1v) is 4.71. The second-order valence-electron chi connectivity index (χ2n) is 3.75. The van der Waals surface area contributed by atoms with Gasteiger partial charge in [0.2, 0.25) is 5.91 Å². The molecule has 0 aromatic rings. The van der Waals surface area contributed by atoms with Gasteiger partial charge in [0.15, 0.2) is 0 Å². The zero-order chi connectivity index (χ0) is 8.39. The second-order valence-corrected chi connectivity index (χ2v) is 3.75. The molecule has 3 heteroatoms. The number of rotatable bonds is 3. The maximum atomic E-state index is 11.4. The zero-order valence-electron chi connectivity index (χ0n) is 7.21. The Morgan fingerprint density at radius 2 is 2.25 bits per heavy atom. The van der Waals surface area contributed by atoms with E-state index in [1.807, 2.05) is 0 Å². The Kier molecular flexibility index (Phi) is 2.30. The summed E-state index contributed by atoms with van der Waals surface area (Å²) in [6.07, 6.45) is 3.49. The van der Waals surface area contributed by atoms with Crippen molar-refractivity contribution in [1.29, 1.82) is 0 Å². The molecular formula is C9H15NO2. The van der Waals surface area contributed by atoms with Gasteiger partial charge in [0.25, 0.3) is 0 Å². The van der Waals surface area contributed by atoms with Crippen LogP contribution in [0.15, 0.2) is 0 Å². The first-order chi connectivity index (χ1) is 5.86. The van der Waals surface area contributed by atoms with Crippen molar-refractivity contribution < 1.29 is 9.53 Å². The van der Waals surface area contributed by atoms with E-state index in [-0.39, 0.29) is 11.8 Å². The van der Waals surface area contributed by atoms with Gasteiger partial charge >= 0.3 is 0 Å². The van der Waals surface area contributed by atoms with E-state index in [9.17, 15) is 4.79 Å². The molecule has 0 aromatic carbocycles. The van der Waals surface area contributed by atoms with Crippen LogP contribution in [-0.4, -0.2) is 25.7 Å². The topological polar surface area (TPSA) is 38.3 Å². The molecular weight excluding hydrogens is 154 g/mol. The van der Waals surface area contributed by atoms with Gasteiger partial charge in [-0.1, -0.05) is 0 Å². The van der Waals surface area contributed by atoms with E-state index in [1.165, 1.54) is 12.8 Å². The van der Waals surface area contributed by atoms with Crippen LogP contribution in [0.5, 0.6) is 0 Å². The van der Waals surface area contributed by atoms with Crippen LogP contribution in [0, 0.1) is 11.8 Å². The van der Waals surface area contributed by atoms with Gasteiger partial charge in [0, 0.05) is 13.2 Å². The van der Waals surface area contributed by atoms with Gasteiger partial charge in [-0.05, 0) is 25.2 Å². The SMILES string of the molecule is O=C(NCC1CC1)C1CCOC1. The van der Waals surface area contributed by atoms with Crippen molar-refractivity contribution in [2.24, 2.45) is 11.8 Å². The van der Waals surface area contributed by atoms with Crippen molar-refractivity contribution in [2.75, 3.05) is 19.8 Å². The first-order valence-electron chi connectivity index (χ1n) is 4.71. The fraction of sp³-hybridized carbons (Fsp3) is 0.889. The minimum absolute atomic E-state index is 0.128. The van der Waals surface area contributed by atoms with Crippen LogP contribution in [0.3, 0.4) is 0 Å². The van der Waals surface area contributed by atoms with Crippen LogP contribution in [-0.2, 0) is 9.53 Å². The van der Waals surface area contributed by atoms with E-state index >= 15 is 0 Å². The van der Waals surface area contributed by atoms with Gasteiger partial charge in [0.05, 0.1) is 12.5 Å². The van der Waals surface area contributed by atoms with E-state index in [4.69, 9.17) is 4.74 Å². The lowest BCUT2D eigenvalue weighted by molar-refractivity contribution is -0.125. The molecule has 1 atom stereocenters. The van der Waals surface area contributed by atoms with Crippen LogP contribution in [0.2, 0.25) is 0 Å². The van der Waals surface area contributed by atoms with E-state index in [1.54, 1.807) is 0 Å². The Bertz CT molecular complexity index is 171. The number of ether oxygens (including phenoxy) is 1. The summed E-state index contributed by atoms with van der Waals surface area (Å²) in [5, 5.41) is 2.97. The zero-order valence-corrected chi connectivity index (χ0v) is 7.21. The number of amides is 1. The summed E-state index contributed by atoms with van der Waals surface area (Å²) in [5.74, 6) is 1.10. The van der Waals surface area contributed by atoms with Gasteiger partial charge in [-0.2, -0.15) is 0 Å². The summed E-state index contributed by atoms with van der Waals surface area (Å²) in [5.41, 5.74) is 0. The van der Waals surface area contributed by atoms with E-state index in [0.29, 0.717) is 6.61 Å². The molecule has 1 amide bonds. The number of hydrogen-bond acceptors (Lipinski definition) is 2. The van der Waals surface area contributed by atoms with Gasteiger partial charge in [-0.15, -0.1) is 0 Å². The number of carbonyl (C=O) groups is 1. The molecule has 0 radical (unpaired) electrons. The quantitative estimate of drug-likeness (QED) is 0.670. The molecule has 2 fully saturated rings. The van der Waals surface area contributed by atoms with Gasteiger partial charge in [0.1, 0.15) is 0 Å². The number of nitrogens with one attached hydrogen (secondary N) is 1. The van der Waals surface area contributed by atoms with Gasteiger partial charge in [-0.3, -0.25) is 4.79 Å². The molecule has 1 unspecified atom stereocenters. The predicted molar refractivity (Wildman–Crippen MR) is 44.7 cm³/mol. The molecule has 2 rings (SSSR count). The van der Waals surface area contributed by atoms with Crippen molar-refractivity contribution >= 4 is 5.91 Å². The average molecular weight is 169 g/mol. The highest BCUT2D eigenvalue weighted by Crippen LogP contribution is 2.27. The third-order valence-corrected chi connectivity index (χ3v) is 2.56. The molecule has 0 bridgehead atoms. The molecule has 0 aromatic heterocycles. The maximum Gasteiger partial charge on any atom is 0.225 e. The largest absolute Gasteiger partial charge is 0.381 e. The third-order valence-electron chi connectivity index (χ3n) is 2.56. The summed E-state index contributed by atoms with van der Waals surface area (Å²) in [6, 6.07) is 0. The molecule has 1 heterocycles. The van der Waals surface area contributed by atoms with Crippen molar-refractivity contribution in [3.05, 3.63) is 0 Å². The highest BCUT2D eigenvalue weighted by molar-refractivity contribution is 5.78. The lowest BCUT2D eigenvalue weighted by atomic mass is 10.1. The Morgan fingerprint density at radius 1 is 1.42 bits per heavy atom. The molecule has 2 aliphatic rings. The summed E-state index contributed by atoms with van der Waals surface area (Å²) in [6.45, 7) is 2.26. The normalized spacial score (nSPS) is 28.8. The van der Waals surface area contributed by atoms with Crippen LogP contribution < -0.4 is 5.32 Å². The van der Waals surface area contributed by atoms with Crippen LogP contribution in [0.1, 0.15) is 19.3 Å². The molecule has 3 nitrogen and oxygen atoms in total. The highest BCUT2D eigenvalue weighted by atomic mass is 16.5.